The topological polar surface area (TPSA) is 29.5 Å². The van der Waals surface area contributed by atoms with E-state index >= 15 is 0 Å². The van der Waals surface area contributed by atoms with Crippen LogP contribution < -0.4 is 0 Å². The summed E-state index contributed by atoms with van der Waals surface area (Å²) in [4.78, 5) is 14.1. The van der Waals surface area contributed by atoms with Gasteiger partial charge in [0, 0.05) is 19.7 Å². The second kappa shape index (κ2) is 5.80. The molecule has 3 nitrogen and oxygen atoms in total. The van der Waals surface area contributed by atoms with E-state index in [0.29, 0.717) is 25.3 Å². The molecule has 5 heteroatoms. The molecule has 1 fully saturated rings. The van der Waals surface area contributed by atoms with Crippen molar-refractivity contribution in [2.75, 3.05) is 19.7 Å². The maximum atomic E-state index is 13.4. The predicted molar refractivity (Wildman–Crippen MR) is 70.0 cm³/mol. The van der Waals surface area contributed by atoms with Gasteiger partial charge in [0.2, 0.25) is 0 Å². The monoisotopic (exact) mass is 315 g/mol. The Morgan fingerprint density at radius 2 is 2.33 bits per heavy atom. The Morgan fingerprint density at radius 1 is 1.56 bits per heavy atom. The van der Waals surface area contributed by atoms with Crippen LogP contribution in [-0.4, -0.2) is 36.6 Å². The number of carbonyl (C=O) groups is 1. The number of benzene rings is 1. The van der Waals surface area contributed by atoms with Crippen molar-refractivity contribution in [2.24, 2.45) is 0 Å². The van der Waals surface area contributed by atoms with Crippen LogP contribution in [0.4, 0.5) is 4.39 Å². The van der Waals surface area contributed by atoms with Crippen LogP contribution in [0.15, 0.2) is 22.7 Å². The van der Waals surface area contributed by atoms with Crippen LogP contribution in [-0.2, 0) is 4.74 Å². The van der Waals surface area contributed by atoms with Gasteiger partial charge in [-0.05, 0) is 41.4 Å². The average molecular weight is 316 g/mol. The Balaban J connectivity index is 2.22. The molecule has 1 atom stereocenters. The molecular formula is C13H15BrFNO2. The summed E-state index contributed by atoms with van der Waals surface area (Å²) < 4.78 is 19.1. The van der Waals surface area contributed by atoms with E-state index in [2.05, 4.69) is 15.9 Å². The molecule has 0 spiro atoms. The van der Waals surface area contributed by atoms with Crippen molar-refractivity contribution in [1.82, 2.24) is 4.90 Å². The average Bonchev–Trinajstić information content (AvgIpc) is 2.56. The molecule has 1 unspecified atom stereocenters. The number of halogens is 2. The number of ether oxygens (including phenoxy) is 1. The fourth-order valence-corrected chi connectivity index (χ4v) is 2.45. The summed E-state index contributed by atoms with van der Waals surface area (Å²) in [5.74, 6) is -0.571. The van der Waals surface area contributed by atoms with Crippen LogP contribution in [0.1, 0.15) is 23.7 Å². The molecule has 1 heterocycles. The van der Waals surface area contributed by atoms with Crippen molar-refractivity contribution in [3.8, 4) is 0 Å². The summed E-state index contributed by atoms with van der Waals surface area (Å²) in [6.45, 7) is 3.79. The highest BCUT2D eigenvalue weighted by molar-refractivity contribution is 9.10. The van der Waals surface area contributed by atoms with Gasteiger partial charge in [-0.15, -0.1) is 0 Å². The van der Waals surface area contributed by atoms with E-state index in [1.54, 1.807) is 17.0 Å². The Bertz CT molecular complexity index is 453. The van der Waals surface area contributed by atoms with E-state index in [4.69, 9.17) is 4.74 Å². The number of rotatable bonds is 1. The van der Waals surface area contributed by atoms with Gasteiger partial charge in [0.25, 0.3) is 5.91 Å². The minimum Gasteiger partial charge on any atom is -0.377 e. The maximum absolute atomic E-state index is 13.4. The normalized spacial score (nSPS) is 20.6. The van der Waals surface area contributed by atoms with Gasteiger partial charge in [-0.3, -0.25) is 4.79 Å². The van der Waals surface area contributed by atoms with E-state index in [0.717, 1.165) is 6.42 Å². The van der Waals surface area contributed by atoms with E-state index < -0.39 is 5.82 Å². The lowest BCUT2D eigenvalue weighted by Crippen LogP contribution is -2.36. The lowest BCUT2D eigenvalue weighted by Gasteiger charge is -2.22. The zero-order valence-electron chi connectivity index (χ0n) is 10.2. The van der Waals surface area contributed by atoms with Crippen LogP contribution in [0.3, 0.4) is 0 Å². The Labute approximate surface area is 114 Å². The minimum absolute atomic E-state index is 0.0174. The van der Waals surface area contributed by atoms with E-state index in [-0.39, 0.29) is 16.5 Å². The van der Waals surface area contributed by atoms with Gasteiger partial charge in [-0.1, -0.05) is 6.07 Å². The second-order valence-electron chi connectivity index (χ2n) is 4.39. The van der Waals surface area contributed by atoms with Crippen molar-refractivity contribution >= 4 is 21.8 Å². The molecule has 98 valence electrons. The number of hydrogen-bond acceptors (Lipinski definition) is 2. The minimum atomic E-state index is -0.417. The lowest BCUT2D eigenvalue weighted by molar-refractivity contribution is 0.0562. The van der Waals surface area contributed by atoms with Crippen LogP contribution in [0.2, 0.25) is 0 Å². The lowest BCUT2D eigenvalue weighted by atomic mass is 10.2. The third kappa shape index (κ3) is 2.90. The summed E-state index contributed by atoms with van der Waals surface area (Å²) in [5, 5.41) is 0. The standard InChI is InChI=1S/C13H15BrFNO2/c1-9-8-16(6-3-7-18-9)13(17)10-4-2-5-11(15)12(10)14/h2,4-5,9H,3,6-8H2,1H3. The van der Waals surface area contributed by atoms with Crippen LogP contribution in [0.5, 0.6) is 0 Å². The van der Waals surface area contributed by atoms with E-state index in [9.17, 15) is 9.18 Å². The van der Waals surface area contributed by atoms with Crippen LogP contribution in [0.25, 0.3) is 0 Å². The molecule has 0 saturated carbocycles. The van der Waals surface area contributed by atoms with Gasteiger partial charge in [0.05, 0.1) is 16.1 Å². The van der Waals surface area contributed by atoms with Crippen molar-refractivity contribution < 1.29 is 13.9 Å². The third-order valence-electron chi connectivity index (χ3n) is 2.92. The molecule has 0 aliphatic carbocycles. The number of hydrogen-bond donors (Lipinski definition) is 0. The van der Waals surface area contributed by atoms with Crippen molar-refractivity contribution in [3.05, 3.63) is 34.1 Å². The first-order chi connectivity index (χ1) is 8.59. The summed E-state index contributed by atoms with van der Waals surface area (Å²) >= 11 is 3.13. The highest BCUT2D eigenvalue weighted by atomic mass is 79.9. The van der Waals surface area contributed by atoms with Crippen LogP contribution in [0, 0.1) is 5.82 Å². The molecule has 1 saturated heterocycles. The predicted octanol–water partition coefficient (Wildman–Crippen LogP) is 2.84. The smallest absolute Gasteiger partial charge is 0.255 e. The third-order valence-corrected chi connectivity index (χ3v) is 3.73. The van der Waals surface area contributed by atoms with Gasteiger partial charge in [-0.25, -0.2) is 4.39 Å². The second-order valence-corrected chi connectivity index (χ2v) is 5.18. The largest absolute Gasteiger partial charge is 0.377 e. The molecule has 0 aromatic heterocycles. The number of amides is 1. The highest BCUT2D eigenvalue weighted by Crippen LogP contribution is 2.22. The molecule has 1 aliphatic heterocycles. The first-order valence-electron chi connectivity index (χ1n) is 5.94. The molecule has 2 rings (SSSR count). The summed E-state index contributed by atoms with van der Waals surface area (Å²) in [6.07, 6.45) is 0.826. The van der Waals surface area contributed by atoms with E-state index in [1.165, 1.54) is 6.07 Å². The number of carbonyl (C=O) groups excluding carboxylic acids is 1. The maximum Gasteiger partial charge on any atom is 0.255 e. The molecule has 1 aromatic carbocycles. The summed E-state index contributed by atoms with van der Waals surface area (Å²) in [6, 6.07) is 4.51. The highest BCUT2D eigenvalue weighted by Gasteiger charge is 2.23. The van der Waals surface area contributed by atoms with Gasteiger partial charge in [0.1, 0.15) is 5.82 Å². The SMILES string of the molecule is CC1CN(C(=O)c2cccc(F)c2Br)CCCO1. The van der Waals surface area contributed by atoms with Crippen LogP contribution >= 0.6 is 15.9 Å². The van der Waals surface area contributed by atoms with Crippen molar-refractivity contribution in [2.45, 2.75) is 19.4 Å². The van der Waals surface area contributed by atoms with E-state index in [1.807, 2.05) is 6.92 Å². The Morgan fingerprint density at radius 3 is 3.11 bits per heavy atom. The zero-order chi connectivity index (χ0) is 13.1. The molecule has 18 heavy (non-hydrogen) atoms. The number of nitrogens with zero attached hydrogens (tertiary/aromatic N) is 1. The van der Waals surface area contributed by atoms with Gasteiger partial charge >= 0.3 is 0 Å². The zero-order valence-corrected chi connectivity index (χ0v) is 11.7. The quantitative estimate of drug-likeness (QED) is 0.797. The molecule has 1 aromatic rings. The summed E-state index contributed by atoms with van der Waals surface area (Å²) in [7, 11) is 0. The van der Waals surface area contributed by atoms with Gasteiger partial charge in [-0.2, -0.15) is 0 Å². The molecule has 1 aliphatic rings. The van der Waals surface area contributed by atoms with Crippen molar-refractivity contribution in [3.63, 3.8) is 0 Å². The molecule has 0 N–H and O–H groups in total. The first-order valence-corrected chi connectivity index (χ1v) is 6.74. The Kier molecular flexibility index (Phi) is 4.35. The molecule has 1 amide bonds. The fraction of sp³-hybridized carbons (Fsp3) is 0.462. The molecular weight excluding hydrogens is 301 g/mol. The molecule has 0 radical (unpaired) electrons. The Hall–Kier alpha value is -0.940. The molecule has 0 bridgehead atoms. The fourth-order valence-electron chi connectivity index (χ4n) is 2.02. The van der Waals surface area contributed by atoms with Gasteiger partial charge < -0.3 is 9.64 Å². The van der Waals surface area contributed by atoms with Gasteiger partial charge in [0.15, 0.2) is 0 Å². The first kappa shape index (κ1) is 13.5. The van der Waals surface area contributed by atoms with Crippen molar-refractivity contribution in [1.29, 1.82) is 0 Å². The summed E-state index contributed by atoms with van der Waals surface area (Å²) in [5.41, 5.74) is 0.365.